The Morgan fingerprint density at radius 2 is 2.09 bits per heavy atom. The molecule has 3 heteroatoms. The van der Waals surface area contributed by atoms with E-state index in [0.29, 0.717) is 0 Å². The van der Waals surface area contributed by atoms with Crippen molar-refractivity contribution < 1.29 is 7.80 Å². The minimum absolute atomic E-state index is 0.822. The number of rotatable bonds is 2. The SMILES string of the molecule is COc1ccc(C)c(OI)c1. The van der Waals surface area contributed by atoms with Crippen LogP contribution in [0.4, 0.5) is 0 Å². The van der Waals surface area contributed by atoms with Crippen molar-refractivity contribution in [2.45, 2.75) is 6.92 Å². The number of halogens is 1. The fourth-order valence-corrected chi connectivity index (χ4v) is 1.26. The predicted octanol–water partition coefficient (Wildman–Crippen LogP) is 2.73. The van der Waals surface area contributed by atoms with Gasteiger partial charge in [-0.05, 0) is 18.6 Å². The summed E-state index contributed by atoms with van der Waals surface area (Å²) in [6.45, 7) is 1.99. The van der Waals surface area contributed by atoms with Crippen LogP contribution in [0.5, 0.6) is 11.5 Å². The van der Waals surface area contributed by atoms with Crippen molar-refractivity contribution in [3.63, 3.8) is 0 Å². The molecule has 0 unspecified atom stereocenters. The number of aryl methyl sites for hydroxylation is 1. The molecule has 60 valence electrons. The van der Waals surface area contributed by atoms with Gasteiger partial charge >= 0.3 is 0 Å². The summed E-state index contributed by atoms with van der Waals surface area (Å²) >= 11 is 1.86. The van der Waals surface area contributed by atoms with E-state index >= 15 is 0 Å². The standard InChI is InChI=1S/C8H9IO2/c1-6-3-4-7(10-2)5-8(6)11-9/h3-5H,1-2H3. The lowest BCUT2D eigenvalue weighted by Gasteiger charge is -2.04. The molecule has 0 aliphatic rings. The molecule has 0 heterocycles. The Bertz CT molecular complexity index is 248. The van der Waals surface area contributed by atoms with Crippen molar-refractivity contribution in [1.29, 1.82) is 0 Å². The van der Waals surface area contributed by atoms with Crippen LogP contribution in [0.1, 0.15) is 5.56 Å². The van der Waals surface area contributed by atoms with Crippen molar-refractivity contribution >= 4 is 23.0 Å². The fraction of sp³-hybridized carbons (Fsp3) is 0.250. The van der Waals surface area contributed by atoms with Gasteiger partial charge in [0.05, 0.1) is 7.11 Å². The van der Waals surface area contributed by atoms with Gasteiger partial charge in [0.15, 0.2) is 23.0 Å². The molecule has 0 atom stereocenters. The molecular formula is C8H9IO2. The highest BCUT2D eigenvalue weighted by atomic mass is 127. The molecule has 1 aromatic carbocycles. The van der Waals surface area contributed by atoms with Crippen LogP contribution in [0, 0.1) is 6.92 Å². The molecule has 11 heavy (non-hydrogen) atoms. The lowest BCUT2D eigenvalue weighted by molar-refractivity contribution is 0.413. The first-order chi connectivity index (χ1) is 5.27. The van der Waals surface area contributed by atoms with E-state index < -0.39 is 0 Å². The molecular weight excluding hydrogens is 255 g/mol. The summed E-state index contributed by atoms with van der Waals surface area (Å²) in [5, 5.41) is 0. The molecule has 0 saturated heterocycles. The molecule has 2 nitrogen and oxygen atoms in total. The summed E-state index contributed by atoms with van der Waals surface area (Å²) < 4.78 is 10.1. The van der Waals surface area contributed by atoms with Crippen LogP contribution in [0.2, 0.25) is 0 Å². The van der Waals surface area contributed by atoms with Gasteiger partial charge < -0.3 is 7.80 Å². The molecule has 0 spiro atoms. The van der Waals surface area contributed by atoms with Crippen LogP contribution < -0.4 is 7.80 Å². The van der Waals surface area contributed by atoms with Gasteiger partial charge in [-0.1, -0.05) is 6.07 Å². The van der Waals surface area contributed by atoms with Crippen molar-refractivity contribution in [2.75, 3.05) is 7.11 Å². The van der Waals surface area contributed by atoms with E-state index in [0.717, 1.165) is 17.1 Å². The van der Waals surface area contributed by atoms with E-state index in [-0.39, 0.29) is 0 Å². The molecule has 0 aliphatic heterocycles. The molecule has 0 amide bonds. The van der Waals surface area contributed by atoms with Crippen LogP contribution in [-0.2, 0) is 0 Å². The van der Waals surface area contributed by atoms with Gasteiger partial charge in [-0.2, -0.15) is 0 Å². The van der Waals surface area contributed by atoms with E-state index in [1.807, 2.05) is 48.1 Å². The molecule has 0 N–H and O–H groups in total. The monoisotopic (exact) mass is 264 g/mol. The average Bonchev–Trinajstić information content (AvgIpc) is 2.05. The average molecular weight is 264 g/mol. The lowest BCUT2D eigenvalue weighted by Crippen LogP contribution is -1.85. The molecule has 0 bridgehead atoms. The Kier molecular flexibility index (Phi) is 2.99. The first-order valence-corrected chi connectivity index (χ1v) is 4.09. The third-order valence-corrected chi connectivity index (χ3v) is 1.95. The third kappa shape index (κ3) is 1.99. The number of hydrogen-bond donors (Lipinski definition) is 0. The van der Waals surface area contributed by atoms with Crippen molar-refractivity contribution in [2.24, 2.45) is 0 Å². The first kappa shape index (κ1) is 8.64. The smallest absolute Gasteiger partial charge is 0.192 e. The van der Waals surface area contributed by atoms with Gasteiger partial charge in [0.25, 0.3) is 0 Å². The second-order valence-electron chi connectivity index (χ2n) is 2.21. The molecule has 0 fully saturated rings. The van der Waals surface area contributed by atoms with Gasteiger partial charge in [-0.15, -0.1) is 0 Å². The zero-order chi connectivity index (χ0) is 8.27. The minimum Gasteiger partial charge on any atom is -0.497 e. The van der Waals surface area contributed by atoms with E-state index in [1.54, 1.807) is 7.11 Å². The van der Waals surface area contributed by atoms with Crippen LogP contribution >= 0.6 is 23.0 Å². The van der Waals surface area contributed by atoms with E-state index in [2.05, 4.69) is 0 Å². The minimum atomic E-state index is 0.822. The van der Waals surface area contributed by atoms with Crippen molar-refractivity contribution in [1.82, 2.24) is 0 Å². The Morgan fingerprint density at radius 1 is 1.36 bits per heavy atom. The van der Waals surface area contributed by atoms with Crippen LogP contribution in [0.15, 0.2) is 18.2 Å². The Labute approximate surface area is 80.2 Å². The summed E-state index contributed by atoms with van der Waals surface area (Å²) in [5.41, 5.74) is 1.11. The summed E-state index contributed by atoms with van der Waals surface area (Å²) in [5.74, 6) is 1.67. The predicted molar refractivity (Wildman–Crippen MR) is 52.4 cm³/mol. The summed E-state index contributed by atoms with van der Waals surface area (Å²) in [4.78, 5) is 0. The number of ether oxygens (including phenoxy) is 1. The lowest BCUT2D eigenvalue weighted by atomic mass is 10.2. The number of benzene rings is 1. The van der Waals surface area contributed by atoms with Gasteiger partial charge in [0.1, 0.15) is 11.5 Å². The van der Waals surface area contributed by atoms with Crippen molar-refractivity contribution in [3.8, 4) is 11.5 Å². The Hall–Kier alpha value is -0.450. The van der Waals surface area contributed by atoms with Crippen LogP contribution in [-0.4, -0.2) is 7.11 Å². The quantitative estimate of drug-likeness (QED) is 0.764. The normalized spacial score (nSPS) is 9.36. The van der Waals surface area contributed by atoms with Crippen molar-refractivity contribution in [3.05, 3.63) is 23.8 Å². The van der Waals surface area contributed by atoms with Gasteiger partial charge in [0, 0.05) is 6.07 Å². The Morgan fingerprint density at radius 3 is 2.64 bits per heavy atom. The molecule has 0 aliphatic carbocycles. The van der Waals surface area contributed by atoms with E-state index in [4.69, 9.17) is 7.80 Å². The molecule has 0 saturated carbocycles. The summed E-state index contributed by atoms with van der Waals surface area (Å²) in [6.07, 6.45) is 0. The van der Waals surface area contributed by atoms with Crippen LogP contribution in [0.3, 0.4) is 0 Å². The zero-order valence-electron chi connectivity index (χ0n) is 6.43. The van der Waals surface area contributed by atoms with Gasteiger partial charge in [0.2, 0.25) is 0 Å². The fourth-order valence-electron chi connectivity index (χ4n) is 0.791. The highest BCUT2D eigenvalue weighted by Crippen LogP contribution is 2.25. The molecule has 1 rings (SSSR count). The number of methoxy groups -OCH3 is 1. The third-order valence-electron chi connectivity index (χ3n) is 1.48. The maximum atomic E-state index is 5.08. The molecule has 1 aromatic rings. The largest absolute Gasteiger partial charge is 0.497 e. The Balaban J connectivity index is 3.02. The summed E-state index contributed by atoms with van der Waals surface area (Å²) in [7, 11) is 1.64. The van der Waals surface area contributed by atoms with Gasteiger partial charge in [-0.3, -0.25) is 0 Å². The van der Waals surface area contributed by atoms with Crippen LogP contribution in [0.25, 0.3) is 0 Å². The molecule has 0 aromatic heterocycles. The second-order valence-corrected chi connectivity index (χ2v) is 2.65. The topological polar surface area (TPSA) is 18.5 Å². The van der Waals surface area contributed by atoms with Gasteiger partial charge in [-0.25, -0.2) is 0 Å². The maximum Gasteiger partial charge on any atom is 0.192 e. The zero-order valence-corrected chi connectivity index (χ0v) is 8.58. The summed E-state index contributed by atoms with van der Waals surface area (Å²) in [6, 6.07) is 5.74. The van der Waals surface area contributed by atoms with E-state index in [1.165, 1.54) is 0 Å². The number of hydrogen-bond acceptors (Lipinski definition) is 2. The first-order valence-electron chi connectivity index (χ1n) is 3.21. The maximum absolute atomic E-state index is 5.08. The van der Waals surface area contributed by atoms with E-state index in [9.17, 15) is 0 Å². The molecule has 0 radical (unpaired) electrons. The highest BCUT2D eigenvalue weighted by molar-refractivity contribution is 14.1. The highest BCUT2D eigenvalue weighted by Gasteiger charge is 1.99. The second kappa shape index (κ2) is 3.80.